The van der Waals surface area contributed by atoms with Gasteiger partial charge < -0.3 is 15.4 Å². The number of hydrogen-bond acceptors (Lipinski definition) is 3. The van der Waals surface area contributed by atoms with Crippen LogP contribution < -0.4 is 15.4 Å². The Bertz CT molecular complexity index is 692. The third-order valence-electron chi connectivity index (χ3n) is 3.31. The first-order chi connectivity index (χ1) is 11.6. The summed E-state index contributed by atoms with van der Waals surface area (Å²) in [6, 6.07) is 16.5. The van der Waals surface area contributed by atoms with E-state index >= 15 is 0 Å². The molecular formula is C18H19BrN2O3. The summed E-state index contributed by atoms with van der Waals surface area (Å²) in [7, 11) is 0. The molecule has 0 aromatic heterocycles. The Hall–Kier alpha value is -2.34. The lowest BCUT2D eigenvalue weighted by Gasteiger charge is -2.16. The molecule has 0 saturated heterocycles. The molecule has 2 amide bonds. The number of benzene rings is 2. The number of para-hydroxylation sites is 1. The van der Waals surface area contributed by atoms with E-state index in [9.17, 15) is 9.59 Å². The van der Waals surface area contributed by atoms with Crippen LogP contribution in [0.5, 0.6) is 5.75 Å². The van der Waals surface area contributed by atoms with Gasteiger partial charge in [0.15, 0.2) is 6.61 Å². The zero-order chi connectivity index (χ0) is 17.4. The lowest BCUT2D eigenvalue weighted by molar-refractivity contribution is -0.127. The van der Waals surface area contributed by atoms with E-state index in [2.05, 4.69) is 26.6 Å². The summed E-state index contributed by atoms with van der Waals surface area (Å²) >= 11 is 3.45. The second-order valence-corrected chi connectivity index (χ2v) is 6.04. The summed E-state index contributed by atoms with van der Waals surface area (Å²) in [6.07, 6.45) is 0. The van der Waals surface area contributed by atoms with E-state index < -0.39 is 0 Å². The zero-order valence-corrected chi connectivity index (χ0v) is 14.9. The molecule has 0 bridgehead atoms. The molecule has 6 heteroatoms. The van der Waals surface area contributed by atoms with Gasteiger partial charge in [-0.05, 0) is 30.7 Å². The number of halogens is 1. The second-order valence-electron chi connectivity index (χ2n) is 5.19. The molecule has 2 aromatic carbocycles. The molecule has 0 aliphatic rings. The number of ether oxygens (including phenoxy) is 1. The molecule has 5 nitrogen and oxygen atoms in total. The summed E-state index contributed by atoms with van der Waals surface area (Å²) in [5.41, 5.74) is 0.976. The van der Waals surface area contributed by atoms with E-state index in [-0.39, 0.29) is 31.0 Å². The van der Waals surface area contributed by atoms with Crippen LogP contribution in [0.4, 0.5) is 0 Å². The Balaban J connectivity index is 1.72. The fraction of sp³-hybridized carbons (Fsp3) is 0.222. The predicted octanol–water partition coefficient (Wildman–Crippen LogP) is 2.82. The van der Waals surface area contributed by atoms with E-state index in [0.717, 1.165) is 10.0 Å². The van der Waals surface area contributed by atoms with Crippen molar-refractivity contribution in [3.63, 3.8) is 0 Å². The highest BCUT2D eigenvalue weighted by atomic mass is 79.9. The van der Waals surface area contributed by atoms with Crippen LogP contribution in [-0.4, -0.2) is 25.0 Å². The van der Waals surface area contributed by atoms with Crippen LogP contribution in [0.15, 0.2) is 59.1 Å². The Morgan fingerprint density at radius 2 is 1.71 bits per heavy atom. The standard InChI is InChI=1S/C18H19BrN2O3/c1-13(15-9-5-6-10-16(15)19)21-17(22)11-20-18(23)12-24-14-7-3-2-4-8-14/h2-10,13H,11-12H2,1H3,(H,20,23)(H,21,22). The zero-order valence-electron chi connectivity index (χ0n) is 13.3. The summed E-state index contributed by atoms with van der Waals surface area (Å²) in [4.78, 5) is 23.6. The van der Waals surface area contributed by atoms with Gasteiger partial charge in [0.25, 0.3) is 5.91 Å². The molecule has 1 atom stereocenters. The average molecular weight is 391 g/mol. The van der Waals surface area contributed by atoms with E-state index in [1.165, 1.54) is 0 Å². The van der Waals surface area contributed by atoms with Gasteiger partial charge in [-0.25, -0.2) is 0 Å². The van der Waals surface area contributed by atoms with Crippen LogP contribution in [-0.2, 0) is 9.59 Å². The quantitative estimate of drug-likeness (QED) is 0.763. The number of carbonyl (C=O) groups is 2. The van der Waals surface area contributed by atoms with Crippen LogP contribution in [0, 0.1) is 0 Å². The highest BCUT2D eigenvalue weighted by Crippen LogP contribution is 2.22. The van der Waals surface area contributed by atoms with Gasteiger partial charge in [-0.2, -0.15) is 0 Å². The van der Waals surface area contributed by atoms with Gasteiger partial charge in [-0.15, -0.1) is 0 Å². The molecule has 0 aliphatic heterocycles. The molecule has 0 spiro atoms. The van der Waals surface area contributed by atoms with Crippen molar-refractivity contribution in [1.82, 2.24) is 10.6 Å². The average Bonchev–Trinajstić information content (AvgIpc) is 2.59. The van der Waals surface area contributed by atoms with Gasteiger partial charge in [0.2, 0.25) is 5.91 Å². The van der Waals surface area contributed by atoms with Gasteiger partial charge in [-0.1, -0.05) is 52.3 Å². The van der Waals surface area contributed by atoms with Crippen molar-refractivity contribution in [2.24, 2.45) is 0 Å². The van der Waals surface area contributed by atoms with Crippen LogP contribution in [0.25, 0.3) is 0 Å². The fourth-order valence-electron chi connectivity index (χ4n) is 2.09. The minimum atomic E-state index is -0.345. The van der Waals surface area contributed by atoms with Gasteiger partial charge >= 0.3 is 0 Å². The number of nitrogens with one attached hydrogen (secondary N) is 2. The van der Waals surface area contributed by atoms with E-state index in [1.807, 2.05) is 49.4 Å². The Labute approximate surface area is 149 Å². The molecule has 0 aliphatic carbocycles. The second kappa shape index (κ2) is 9.08. The molecule has 126 valence electrons. The highest BCUT2D eigenvalue weighted by Gasteiger charge is 2.12. The highest BCUT2D eigenvalue weighted by molar-refractivity contribution is 9.10. The van der Waals surface area contributed by atoms with Crippen molar-refractivity contribution in [3.05, 3.63) is 64.6 Å². The van der Waals surface area contributed by atoms with Crippen molar-refractivity contribution < 1.29 is 14.3 Å². The Kier molecular flexibility index (Phi) is 6.81. The maximum atomic E-state index is 11.9. The largest absolute Gasteiger partial charge is 0.484 e. The third-order valence-corrected chi connectivity index (χ3v) is 4.03. The first-order valence-electron chi connectivity index (χ1n) is 7.54. The normalized spacial score (nSPS) is 11.4. The van der Waals surface area contributed by atoms with Crippen LogP contribution in [0.2, 0.25) is 0 Å². The molecular weight excluding hydrogens is 372 g/mol. The number of amides is 2. The maximum absolute atomic E-state index is 11.9. The minimum absolute atomic E-state index is 0.0915. The van der Waals surface area contributed by atoms with Crippen LogP contribution in [0.3, 0.4) is 0 Å². The van der Waals surface area contributed by atoms with Gasteiger partial charge in [0, 0.05) is 4.47 Å². The lowest BCUT2D eigenvalue weighted by atomic mass is 10.1. The molecule has 0 saturated carbocycles. The molecule has 0 fully saturated rings. The number of hydrogen-bond donors (Lipinski definition) is 2. The van der Waals surface area contributed by atoms with Gasteiger partial charge in [-0.3, -0.25) is 9.59 Å². The van der Waals surface area contributed by atoms with E-state index in [1.54, 1.807) is 12.1 Å². The maximum Gasteiger partial charge on any atom is 0.258 e. The predicted molar refractivity (Wildman–Crippen MR) is 95.6 cm³/mol. The molecule has 0 radical (unpaired) electrons. The van der Waals surface area contributed by atoms with Crippen LogP contribution >= 0.6 is 15.9 Å². The van der Waals surface area contributed by atoms with E-state index in [0.29, 0.717) is 5.75 Å². The minimum Gasteiger partial charge on any atom is -0.484 e. The van der Waals surface area contributed by atoms with Crippen molar-refractivity contribution in [2.75, 3.05) is 13.2 Å². The van der Waals surface area contributed by atoms with Crippen molar-refractivity contribution in [3.8, 4) is 5.75 Å². The molecule has 0 heterocycles. The van der Waals surface area contributed by atoms with Crippen molar-refractivity contribution in [1.29, 1.82) is 0 Å². The van der Waals surface area contributed by atoms with Crippen LogP contribution in [0.1, 0.15) is 18.5 Å². The molecule has 2 N–H and O–H groups in total. The molecule has 24 heavy (non-hydrogen) atoms. The van der Waals surface area contributed by atoms with Gasteiger partial charge in [0.05, 0.1) is 12.6 Å². The first-order valence-corrected chi connectivity index (χ1v) is 8.34. The Morgan fingerprint density at radius 1 is 1.04 bits per heavy atom. The molecule has 2 rings (SSSR count). The Morgan fingerprint density at radius 3 is 2.42 bits per heavy atom. The van der Waals surface area contributed by atoms with Crippen molar-refractivity contribution >= 4 is 27.7 Å². The monoisotopic (exact) mass is 390 g/mol. The number of rotatable bonds is 7. The third kappa shape index (κ3) is 5.70. The topological polar surface area (TPSA) is 67.4 Å². The lowest BCUT2D eigenvalue weighted by Crippen LogP contribution is -2.39. The van der Waals surface area contributed by atoms with E-state index in [4.69, 9.17) is 4.74 Å². The SMILES string of the molecule is CC(NC(=O)CNC(=O)COc1ccccc1)c1ccccc1Br. The van der Waals surface area contributed by atoms with Gasteiger partial charge in [0.1, 0.15) is 5.75 Å². The number of carbonyl (C=O) groups excluding carboxylic acids is 2. The fourth-order valence-corrected chi connectivity index (χ4v) is 2.72. The molecule has 1 unspecified atom stereocenters. The summed E-state index contributed by atoms with van der Waals surface area (Å²) in [5, 5.41) is 5.38. The summed E-state index contributed by atoms with van der Waals surface area (Å²) in [5.74, 6) is 0.00788. The smallest absolute Gasteiger partial charge is 0.258 e. The summed E-state index contributed by atoms with van der Waals surface area (Å²) in [6.45, 7) is 1.67. The molecule has 2 aromatic rings. The summed E-state index contributed by atoms with van der Waals surface area (Å²) < 4.78 is 6.25. The first kappa shape index (κ1) is 18.0. The van der Waals surface area contributed by atoms with Crippen molar-refractivity contribution in [2.45, 2.75) is 13.0 Å².